The molecule has 2 N–H and O–H groups in total. The molecule has 0 saturated heterocycles. The zero-order valence-corrected chi connectivity index (χ0v) is 7.52. The zero-order chi connectivity index (χ0) is 8.32. The molecule has 0 fully saturated rings. The lowest BCUT2D eigenvalue weighted by Gasteiger charge is -2.00. The van der Waals surface area contributed by atoms with Crippen LogP contribution in [0.15, 0.2) is 17.5 Å². The molecule has 0 unspecified atom stereocenters. The van der Waals surface area contributed by atoms with Crippen LogP contribution in [0.25, 0.3) is 0 Å². The van der Waals surface area contributed by atoms with Crippen LogP contribution < -0.4 is 0 Å². The molecule has 0 spiro atoms. The van der Waals surface area contributed by atoms with Crippen LogP contribution in [0.4, 0.5) is 0 Å². The molecule has 5 heteroatoms. The lowest BCUT2D eigenvalue weighted by atomic mass is 10.4. The second-order valence-corrected chi connectivity index (χ2v) is 5.03. The topological polar surface area (TPSA) is 57.5 Å². The van der Waals surface area contributed by atoms with Gasteiger partial charge in [0.1, 0.15) is 0 Å². The molecule has 0 aliphatic carbocycles. The molecular formula is C6H9O3PS. The SMILES string of the molecule is O=P(O)(O)CCc1cccs1. The molecule has 0 aromatic carbocycles. The fourth-order valence-corrected chi connectivity index (χ4v) is 2.10. The third-order valence-electron chi connectivity index (χ3n) is 1.23. The zero-order valence-electron chi connectivity index (χ0n) is 5.80. The fraction of sp³-hybridized carbons (Fsp3) is 0.333. The van der Waals surface area contributed by atoms with Crippen LogP contribution in [0.3, 0.4) is 0 Å². The van der Waals surface area contributed by atoms with Crippen LogP contribution in [0.1, 0.15) is 4.88 Å². The monoisotopic (exact) mass is 192 g/mol. The minimum Gasteiger partial charge on any atom is -0.324 e. The molecule has 1 aromatic rings. The number of hydrogen-bond donors (Lipinski definition) is 2. The Balaban J connectivity index is 2.41. The predicted molar refractivity (Wildman–Crippen MR) is 44.9 cm³/mol. The molecular weight excluding hydrogens is 183 g/mol. The van der Waals surface area contributed by atoms with Gasteiger partial charge in [-0.05, 0) is 17.9 Å². The summed E-state index contributed by atoms with van der Waals surface area (Å²) < 4.78 is 10.4. The molecule has 0 bridgehead atoms. The second-order valence-electron chi connectivity index (χ2n) is 2.22. The van der Waals surface area contributed by atoms with Gasteiger partial charge in [0, 0.05) is 4.88 Å². The average Bonchev–Trinajstić information content (AvgIpc) is 2.32. The Morgan fingerprint density at radius 2 is 2.27 bits per heavy atom. The van der Waals surface area contributed by atoms with Crippen LogP contribution in [-0.4, -0.2) is 15.9 Å². The van der Waals surface area contributed by atoms with Crippen molar-refractivity contribution in [2.24, 2.45) is 0 Å². The standard InChI is InChI=1S/C6H9O3PS/c7-10(8,9)4-3-6-2-1-5-11-6/h1-2,5H,3-4H2,(H2,7,8,9). The first-order valence-corrected chi connectivity index (χ1v) is 5.82. The summed E-state index contributed by atoms with van der Waals surface area (Å²) in [5, 5.41) is 1.90. The van der Waals surface area contributed by atoms with Crippen molar-refractivity contribution in [1.82, 2.24) is 0 Å². The Hall–Kier alpha value is -0.150. The van der Waals surface area contributed by atoms with Crippen molar-refractivity contribution >= 4 is 18.9 Å². The Labute approximate surface area is 68.9 Å². The summed E-state index contributed by atoms with van der Waals surface area (Å²) in [5.41, 5.74) is 0. The highest BCUT2D eigenvalue weighted by atomic mass is 32.1. The number of thiophene rings is 1. The molecule has 62 valence electrons. The highest BCUT2D eigenvalue weighted by Crippen LogP contribution is 2.35. The van der Waals surface area contributed by atoms with Crippen molar-refractivity contribution in [1.29, 1.82) is 0 Å². The van der Waals surface area contributed by atoms with E-state index >= 15 is 0 Å². The lowest BCUT2D eigenvalue weighted by molar-refractivity contribution is 0.373. The Bertz CT molecular complexity index is 251. The van der Waals surface area contributed by atoms with Crippen molar-refractivity contribution in [2.75, 3.05) is 6.16 Å². The van der Waals surface area contributed by atoms with Gasteiger partial charge in [-0.3, -0.25) is 4.57 Å². The molecule has 1 heterocycles. The van der Waals surface area contributed by atoms with E-state index in [4.69, 9.17) is 9.79 Å². The molecule has 0 aliphatic rings. The van der Waals surface area contributed by atoms with E-state index in [2.05, 4.69) is 0 Å². The first-order valence-electron chi connectivity index (χ1n) is 3.15. The molecule has 0 amide bonds. The summed E-state index contributed by atoms with van der Waals surface area (Å²) in [6, 6.07) is 3.75. The van der Waals surface area contributed by atoms with Crippen molar-refractivity contribution in [2.45, 2.75) is 6.42 Å². The average molecular weight is 192 g/mol. The van der Waals surface area contributed by atoms with E-state index in [-0.39, 0.29) is 6.16 Å². The molecule has 11 heavy (non-hydrogen) atoms. The van der Waals surface area contributed by atoms with Gasteiger partial charge in [-0.15, -0.1) is 11.3 Å². The van der Waals surface area contributed by atoms with E-state index in [1.807, 2.05) is 17.5 Å². The molecule has 3 nitrogen and oxygen atoms in total. The first kappa shape index (κ1) is 8.94. The summed E-state index contributed by atoms with van der Waals surface area (Å²) in [7, 11) is -3.80. The Kier molecular flexibility index (Phi) is 2.84. The van der Waals surface area contributed by atoms with Crippen LogP contribution in [-0.2, 0) is 11.0 Å². The fourth-order valence-electron chi connectivity index (χ4n) is 0.711. The summed E-state index contributed by atoms with van der Waals surface area (Å²) >= 11 is 1.52. The van der Waals surface area contributed by atoms with Crippen molar-refractivity contribution in [3.63, 3.8) is 0 Å². The second kappa shape index (κ2) is 3.50. The normalized spacial score (nSPS) is 11.8. The highest BCUT2D eigenvalue weighted by Gasteiger charge is 2.12. The molecule has 0 atom stereocenters. The van der Waals surface area contributed by atoms with Gasteiger partial charge < -0.3 is 9.79 Å². The minimum atomic E-state index is -3.80. The van der Waals surface area contributed by atoms with Gasteiger partial charge in [-0.1, -0.05) is 6.07 Å². The first-order chi connectivity index (χ1) is 5.08. The van der Waals surface area contributed by atoms with Crippen LogP contribution in [0.2, 0.25) is 0 Å². The van der Waals surface area contributed by atoms with Gasteiger partial charge in [0.25, 0.3) is 0 Å². The third kappa shape index (κ3) is 3.68. The van der Waals surface area contributed by atoms with Gasteiger partial charge in [0.2, 0.25) is 0 Å². The maximum absolute atomic E-state index is 10.4. The smallest absolute Gasteiger partial charge is 0.324 e. The number of hydrogen-bond acceptors (Lipinski definition) is 2. The van der Waals surface area contributed by atoms with E-state index in [0.717, 1.165) is 4.88 Å². The molecule has 1 aromatic heterocycles. The Morgan fingerprint density at radius 1 is 1.55 bits per heavy atom. The van der Waals surface area contributed by atoms with Gasteiger partial charge in [-0.25, -0.2) is 0 Å². The molecule has 1 rings (SSSR count). The highest BCUT2D eigenvalue weighted by molar-refractivity contribution is 7.51. The summed E-state index contributed by atoms with van der Waals surface area (Å²) in [4.78, 5) is 18.1. The third-order valence-corrected chi connectivity index (χ3v) is 2.97. The van der Waals surface area contributed by atoms with Gasteiger partial charge in [0.05, 0.1) is 6.16 Å². The van der Waals surface area contributed by atoms with E-state index < -0.39 is 7.60 Å². The maximum atomic E-state index is 10.4. The lowest BCUT2D eigenvalue weighted by Crippen LogP contribution is -1.90. The van der Waals surface area contributed by atoms with Crippen LogP contribution in [0.5, 0.6) is 0 Å². The van der Waals surface area contributed by atoms with E-state index in [9.17, 15) is 4.57 Å². The number of rotatable bonds is 3. The van der Waals surface area contributed by atoms with Crippen molar-refractivity contribution < 1.29 is 14.4 Å². The van der Waals surface area contributed by atoms with Gasteiger partial charge >= 0.3 is 7.60 Å². The molecule has 0 saturated carbocycles. The van der Waals surface area contributed by atoms with Crippen molar-refractivity contribution in [3.05, 3.63) is 22.4 Å². The Morgan fingerprint density at radius 3 is 2.73 bits per heavy atom. The van der Waals surface area contributed by atoms with Crippen molar-refractivity contribution in [3.8, 4) is 0 Å². The molecule has 0 radical (unpaired) electrons. The van der Waals surface area contributed by atoms with E-state index in [0.29, 0.717) is 6.42 Å². The van der Waals surface area contributed by atoms with E-state index in [1.54, 1.807) is 0 Å². The van der Waals surface area contributed by atoms with Crippen LogP contribution in [0, 0.1) is 0 Å². The predicted octanol–water partition coefficient (Wildman–Crippen LogP) is 1.47. The maximum Gasteiger partial charge on any atom is 0.325 e. The van der Waals surface area contributed by atoms with E-state index in [1.165, 1.54) is 11.3 Å². The van der Waals surface area contributed by atoms with Gasteiger partial charge in [-0.2, -0.15) is 0 Å². The largest absolute Gasteiger partial charge is 0.325 e. The molecule has 0 aliphatic heterocycles. The van der Waals surface area contributed by atoms with Crippen LogP contribution >= 0.6 is 18.9 Å². The quantitative estimate of drug-likeness (QED) is 0.713. The summed E-state index contributed by atoms with van der Waals surface area (Å²) in [6.07, 6.45) is 0.426. The minimum absolute atomic E-state index is 0.0481. The summed E-state index contributed by atoms with van der Waals surface area (Å²) in [5.74, 6) is 0. The number of aryl methyl sites for hydroxylation is 1. The summed E-state index contributed by atoms with van der Waals surface area (Å²) in [6.45, 7) is 0. The van der Waals surface area contributed by atoms with Gasteiger partial charge in [0.15, 0.2) is 0 Å².